The number of para-hydroxylation sites is 1. The molecule has 4 heteroatoms. The van der Waals surface area contributed by atoms with Crippen molar-refractivity contribution in [3.63, 3.8) is 0 Å². The number of hydrogen-bond donors (Lipinski definition) is 0. The summed E-state index contributed by atoms with van der Waals surface area (Å²) in [6.45, 7) is 7.66. The van der Waals surface area contributed by atoms with Crippen LogP contribution in [0, 0.1) is 5.21 Å². The van der Waals surface area contributed by atoms with Crippen molar-refractivity contribution >= 4 is 10.9 Å². The molecule has 0 aliphatic heterocycles. The molecule has 1 heterocycles. The summed E-state index contributed by atoms with van der Waals surface area (Å²) in [5.41, 5.74) is 1.72. The van der Waals surface area contributed by atoms with Crippen molar-refractivity contribution in [2.45, 2.75) is 78.6 Å². The second kappa shape index (κ2) is 11.7. The number of benzene rings is 1. The maximum absolute atomic E-state index is 13.0. The van der Waals surface area contributed by atoms with E-state index < -0.39 is 0 Å². The number of pyridine rings is 1. The van der Waals surface area contributed by atoms with Gasteiger partial charge in [-0.1, -0.05) is 71.4 Å². The van der Waals surface area contributed by atoms with Gasteiger partial charge in [0, 0.05) is 11.6 Å². The van der Waals surface area contributed by atoms with Crippen LogP contribution in [0.1, 0.15) is 77.7 Å². The molecule has 0 aliphatic rings. The Balaban J connectivity index is 2.27. The summed E-state index contributed by atoms with van der Waals surface area (Å²) in [4.78, 5) is 0. The zero-order chi connectivity index (χ0) is 19.5. The molecule has 0 unspecified atom stereocenters. The van der Waals surface area contributed by atoms with E-state index >= 15 is 0 Å². The van der Waals surface area contributed by atoms with Crippen LogP contribution in [0.25, 0.3) is 10.9 Å². The molecule has 0 fully saturated rings. The fraction of sp³-hybridized carbons (Fsp3) is 0.609. The van der Waals surface area contributed by atoms with Crippen LogP contribution in [0.15, 0.2) is 24.3 Å². The Hall–Kier alpha value is -1.97. The van der Waals surface area contributed by atoms with E-state index in [9.17, 15) is 5.21 Å². The molecular formula is C23H35NO3. The van der Waals surface area contributed by atoms with E-state index in [1.165, 1.54) is 25.7 Å². The standard InChI is InChI=1S/C23H35NO3/c1-4-7-9-13-17-26-22-19(6-3)20-15-11-12-16-21(20)24(25)23(22)27-18-14-10-8-5-2/h11-12,15-16H,4-10,13-14,17-18H2,1-3H3. The summed E-state index contributed by atoms with van der Waals surface area (Å²) in [7, 11) is 0. The fourth-order valence-corrected chi connectivity index (χ4v) is 3.38. The Morgan fingerprint density at radius 3 is 2.07 bits per heavy atom. The van der Waals surface area contributed by atoms with Crippen molar-refractivity contribution < 1.29 is 14.2 Å². The van der Waals surface area contributed by atoms with Gasteiger partial charge in [0.2, 0.25) is 11.3 Å². The molecule has 2 aromatic rings. The third kappa shape index (κ3) is 5.75. The van der Waals surface area contributed by atoms with E-state index in [2.05, 4.69) is 20.8 Å². The topological polar surface area (TPSA) is 45.4 Å². The summed E-state index contributed by atoms with van der Waals surface area (Å²) < 4.78 is 13.0. The summed E-state index contributed by atoms with van der Waals surface area (Å²) >= 11 is 0. The van der Waals surface area contributed by atoms with Crippen molar-refractivity contribution in [1.82, 2.24) is 0 Å². The Kier molecular flexibility index (Phi) is 9.23. The first-order valence-electron chi connectivity index (χ1n) is 10.7. The van der Waals surface area contributed by atoms with Crippen LogP contribution in [0.4, 0.5) is 0 Å². The highest BCUT2D eigenvalue weighted by Gasteiger charge is 2.25. The third-order valence-electron chi connectivity index (χ3n) is 4.94. The predicted molar refractivity (Wildman–Crippen MR) is 112 cm³/mol. The SMILES string of the molecule is CCCCCCOc1c(CC)c2ccccc2[n+]([O-])c1OCCCCCC. The lowest BCUT2D eigenvalue weighted by molar-refractivity contribution is -0.585. The van der Waals surface area contributed by atoms with Crippen LogP contribution in [-0.4, -0.2) is 13.2 Å². The van der Waals surface area contributed by atoms with Gasteiger partial charge >= 0.3 is 5.88 Å². The smallest absolute Gasteiger partial charge is 0.423 e. The van der Waals surface area contributed by atoms with Crippen LogP contribution >= 0.6 is 0 Å². The van der Waals surface area contributed by atoms with E-state index in [-0.39, 0.29) is 0 Å². The summed E-state index contributed by atoms with van der Waals surface area (Å²) in [5.74, 6) is 0.968. The van der Waals surface area contributed by atoms with Crippen molar-refractivity contribution in [2.75, 3.05) is 13.2 Å². The molecule has 0 saturated carbocycles. The number of nitrogens with zero attached hydrogens (tertiary/aromatic N) is 1. The van der Waals surface area contributed by atoms with Gasteiger partial charge in [0.25, 0.3) is 0 Å². The Bertz CT molecular complexity index is 700. The van der Waals surface area contributed by atoms with Crippen molar-refractivity contribution in [3.05, 3.63) is 35.0 Å². The van der Waals surface area contributed by atoms with E-state index in [0.717, 1.165) is 47.8 Å². The van der Waals surface area contributed by atoms with E-state index in [0.29, 0.717) is 30.4 Å². The molecule has 0 bridgehead atoms. The summed E-state index contributed by atoms with van der Waals surface area (Å²) in [6.07, 6.45) is 9.82. The van der Waals surface area contributed by atoms with E-state index in [1.54, 1.807) is 0 Å². The molecule has 0 amide bonds. The van der Waals surface area contributed by atoms with Gasteiger partial charge in [-0.3, -0.25) is 0 Å². The molecule has 0 spiro atoms. The summed E-state index contributed by atoms with van der Waals surface area (Å²) in [5, 5.41) is 13.9. The molecule has 150 valence electrons. The lowest BCUT2D eigenvalue weighted by Gasteiger charge is -2.17. The number of aryl methyl sites for hydroxylation is 1. The number of ether oxygens (including phenoxy) is 2. The number of fused-ring (bicyclic) bond motifs is 1. The number of rotatable bonds is 13. The van der Waals surface area contributed by atoms with E-state index in [1.807, 2.05) is 24.3 Å². The van der Waals surface area contributed by atoms with Gasteiger partial charge in [-0.2, -0.15) is 0 Å². The summed E-state index contributed by atoms with van der Waals surface area (Å²) in [6, 6.07) is 7.72. The molecule has 0 atom stereocenters. The minimum absolute atomic E-state index is 0.331. The molecule has 0 N–H and O–H groups in total. The molecule has 27 heavy (non-hydrogen) atoms. The second-order valence-electron chi connectivity index (χ2n) is 7.10. The minimum Gasteiger partial charge on any atom is -0.615 e. The normalized spacial score (nSPS) is 11.1. The predicted octanol–water partition coefficient (Wildman–Crippen LogP) is 5.95. The average molecular weight is 374 g/mol. The molecule has 0 aliphatic carbocycles. The third-order valence-corrected chi connectivity index (χ3v) is 4.94. The van der Waals surface area contributed by atoms with Crippen molar-refractivity contribution in [2.24, 2.45) is 0 Å². The van der Waals surface area contributed by atoms with Crippen LogP contribution in [0.5, 0.6) is 11.6 Å². The first-order chi connectivity index (χ1) is 13.2. The maximum Gasteiger partial charge on any atom is 0.423 e. The van der Waals surface area contributed by atoms with Gasteiger partial charge in [-0.05, 0) is 25.3 Å². The highest BCUT2D eigenvalue weighted by molar-refractivity contribution is 5.82. The van der Waals surface area contributed by atoms with Crippen LogP contribution in [0.2, 0.25) is 0 Å². The highest BCUT2D eigenvalue weighted by atomic mass is 16.6. The number of unbranched alkanes of at least 4 members (excludes halogenated alkanes) is 6. The Morgan fingerprint density at radius 1 is 0.815 bits per heavy atom. The largest absolute Gasteiger partial charge is 0.615 e. The molecule has 0 saturated heterocycles. The number of aromatic nitrogens is 1. The van der Waals surface area contributed by atoms with Gasteiger partial charge in [0.05, 0.1) is 18.6 Å². The van der Waals surface area contributed by atoms with Crippen molar-refractivity contribution in [1.29, 1.82) is 0 Å². The van der Waals surface area contributed by atoms with Crippen LogP contribution < -0.4 is 14.2 Å². The monoisotopic (exact) mass is 373 g/mol. The second-order valence-corrected chi connectivity index (χ2v) is 7.10. The minimum atomic E-state index is 0.331. The van der Waals surface area contributed by atoms with Crippen LogP contribution in [0.3, 0.4) is 0 Å². The number of hydrogen-bond acceptors (Lipinski definition) is 3. The Labute approximate surface area is 164 Å². The first kappa shape index (κ1) is 21.3. The molecule has 1 aromatic carbocycles. The van der Waals surface area contributed by atoms with Crippen molar-refractivity contribution in [3.8, 4) is 11.6 Å². The molecule has 1 aromatic heterocycles. The average Bonchev–Trinajstić information content (AvgIpc) is 2.69. The van der Waals surface area contributed by atoms with Gasteiger partial charge in [0.1, 0.15) is 0 Å². The van der Waals surface area contributed by atoms with Gasteiger partial charge < -0.3 is 14.7 Å². The zero-order valence-electron chi connectivity index (χ0n) is 17.3. The fourth-order valence-electron chi connectivity index (χ4n) is 3.38. The van der Waals surface area contributed by atoms with Gasteiger partial charge in [-0.15, -0.1) is 4.73 Å². The zero-order valence-corrected chi connectivity index (χ0v) is 17.3. The quantitative estimate of drug-likeness (QED) is 0.247. The lowest BCUT2D eigenvalue weighted by Crippen LogP contribution is -2.32. The Morgan fingerprint density at radius 2 is 1.44 bits per heavy atom. The van der Waals surface area contributed by atoms with Gasteiger partial charge in [-0.25, -0.2) is 0 Å². The maximum atomic E-state index is 13.0. The lowest BCUT2D eigenvalue weighted by atomic mass is 10.1. The van der Waals surface area contributed by atoms with E-state index in [4.69, 9.17) is 9.47 Å². The molecule has 4 nitrogen and oxygen atoms in total. The highest BCUT2D eigenvalue weighted by Crippen LogP contribution is 2.34. The van der Waals surface area contributed by atoms with Crippen LogP contribution in [-0.2, 0) is 6.42 Å². The molecular weight excluding hydrogens is 338 g/mol. The molecule has 2 rings (SSSR count). The van der Waals surface area contributed by atoms with Gasteiger partial charge in [0.15, 0.2) is 0 Å². The molecule has 0 radical (unpaired) electrons. The first-order valence-corrected chi connectivity index (χ1v) is 10.7.